The van der Waals surface area contributed by atoms with E-state index in [0.29, 0.717) is 12.8 Å². The lowest BCUT2D eigenvalue weighted by molar-refractivity contribution is -0.122. The van der Waals surface area contributed by atoms with Crippen molar-refractivity contribution in [1.29, 1.82) is 0 Å². The summed E-state index contributed by atoms with van der Waals surface area (Å²) < 4.78 is 5.48. The van der Waals surface area contributed by atoms with Crippen molar-refractivity contribution >= 4 is 5.78 Å². The molecule has 1 unspecified atom stereocenters. The topological polar surface area (TPSA) is 26.3 Å². The second-order valence-corrected chi connectivity index (χ2v) is 3.53. The van der Waals surface area contributed by atoms with Gasteiger partial charge >= 0.3 is 0 Å². The summed E-state index contributed by atoms with van der Waals surface area (Å²) in [7, 11) is 0. The van der Waals surface area contributed by atoms with Crippen LogP contribution in [-0.4, -0.2) is 17.5 Å². The molecule has 1 saturated heterocycles. The van der Waals surface area contributed by atoms with E-state index in [2.05, 4.69) is 6.58 Å². The van der Waals surface area contributed by atoms with E-state index in [-0.39, 0.29) is 17.5 Å². The number of carbonyl (C=O) groups excluding carboxylic acids is 1. The van der Waals surface area contributed by atoms with Crippen LogP contribution in [0, 0.1) is 0 Å². The van der Waals surface area contributed by atoms with Crippen molar-refractivity contribution in [2.45, 2.75) is 38.4 Å². The van der Waals surface area contributed by atoms with Crippen molar-refractivity contribution in [3.63, 3.8) is 0 Å². The number of ketones is 1. The summed E-state index contributed by atoms with van der Waals surface area (Å²) in [5, 5.41) is 0. The van der Waals surface area contributed by atoms with E-state index in [0.717, 1.165) is 0 Å². The van der Waals surface area contributed by atoms with E-state index in [1.807, 2.05) is 13.8 Å². The predicted octanol–water partition coefficient (Wildman–Crippen LogP) is 1.70. The number of Topliss-reactive ketones (excluding diaryl/α,β-unsaturated/α-hetero) is 1. The van der Waals surface area contributed by atoms with Gasteiger partial charge in [0.25, 0.3) is 0 Å². The molecule has 0 aliphatic carbocycles. The van der Waals surface area contributed by atoms with Gasteiger partial charge in [-0.3, -0.25) is 4.79 Å². The van der Waals surface area contributed by atoms with Crippen LogP contribution in [-0.2, 0) is 9.53 Å². The monoisotopic (exact) mass is 154 g/mol. The van der Waals surface area contributed by atoms with Gasteiger partial charge in [-0.15, -0.1) is 6.58 Å². The Morgan fingerprint density at radius 2 is 2.45 bits per heavy atom. The molecule has 0 amide bonds. The van der Waals surface area contributed by atoms with Gasteiger partial charge in [-0.25, -0.2) is 0 Å². The van der Waals surface area contributed by atoms with Gasteiger partial charge in [0.1, 0.15) is 6.10 Å². The van der Waals surface area contributed by atoms with Crippen LogP contribution in [0.3, 0.4) is 0 Å². The molecule has 11 heavy (non-hydrogen) atoms. The molecule has 1 aliphatic heterocycles. The van der Waals surface area contributed by atoms with Crippen molar-refractivity contribution in [3.05, 3.63) is 12.7 Å². The van der Waals surface area contributed by atoms with Gasteiger partial charge in [0.2, 0.25) is 0 Å². The number of hydrogen-bond donors (Lipinski definition) is 0. The molecule has 62 valence electrons. The molecule has 0 saturated carbocycles. The third-order valence-electron chi connectivity index (χ3n) is 1.80. The number of carbonyl (C=O) groups is 1. The molecule has 0 spiro atoms. The molecule has 2 nitrogen and oxygen atoms in total. The lowest BCUT2D eigenvalue weighted by atomic mass is 10.0. The molecule has 1 rings (SSSR count). The molecule has 0 aromatic rings. The van der Waals surface area contributed by atoms with E-state index in [1.54, 1.807) is 6.08 Å². The third-order valence-corrected chi connectivity index (χ3v) is 1.80. The van der Waals surface area contributed by atoms with Crippen LogP contribution in [0.1, 0.15) is 26.7 Å². The lowest BCUT2D eigenvalue weighted by Crippen LogP contribution is -2.19. The number of ether oxygens (including phenoxy) is 1. The van der Waals surface area contributed by atoms with Gasteiger partial charge in [-0.05, 0) is 20.3 Å². The first-order valence-corrected chi connectivity index (χ1v) is 3.86. The minimum absolute atomic E-state index is 0.204. The molecule has 0 aromatic carbocycles. The standard InChI is InChI=1S/C9H14O2/c1-4-5-8-7(10)6-9(2,3)11-8/h4,8H,1,5-6H2,2-3H3. The molecule has 1 fully saturated rings. The van der Waals surface area contributed by atoms with Gasteiger partial charge in [0, 0.05) is 6.42 Å². The highest BCUT2D eigenvalue weighted by atomic mass is 16.5. The first-order valence-electron chi connectivity index (χ1n) is 3.86. The minimum atomic E-state index is -0.259. The Hall–Kier alpha value is -0.630. The third kappa shape index (κ3) is 1.90. The number of hydrogen-bond acceptors (Lipinski definition) is 2. The van der Waals surface area contributed by atoms with Crippen LogP contribution in [0.4, 0.5) is 0 Å². The fourth-order valence-corrected chi connectivity index (χ4v) is 1.36. The second kappa shape index (κ2) is 2.78. The van der Waals surface area contributed by atoms with Crippen LogP contribution in [0.15, 0.2) is 12.7 Å². The quantitative estimate of drug-likeness (QED) is 0.566. The zero-order valence-electron chi connectivity index (χ0n) is 7.09. The minimum Gasteiger partial charge on any atom is -0.364 e. The summed E-state index contributed by atoms with van der Waals surface area (Å²) in [4.78, 5) is 11.2. The van der Waals surface area contributed by atoms with Gasteiger partial charge in [0.15, 0.2) is 5.78 Å². The average molecular weight is 154 g/mol. The van der Waals surface area contributed by atoms with Gasteiger partial charge in [-0.1, -0.05) is 6.08 Å². The summed E-state index contributed by atoms with van der Waals surface area (Å²) in [6.45, 7) is 7.45. The van der Waals surface area contributed by atoms with E-state index < -0.39 is 0 Å². The summed E-state index contributed by atoms with van der Waals surface area (Å²) in [6, 6.07) is 0. The van der Waals surface area contributed by atoms with Crippen LogP contribution in [0.2, 0.25) is 0 Å². The first kappa shape index (κ1) is 8.47. The van der Waals surface area contributed by atoms with E-state index in [1.165, 1.54) is 0 Å². The van der Waals surface area contributed by atoms with E-state index in [4.69, 9.17) is 4.74 Å². The van der Waals surface area contributed by atoms with Gasteiger partial charge in [0.05, 0.1) is 5.60 Å². The number of rotatable bonds is 2. The van der Waals surface area contributed by atoms with Crippen molar-refractivity contribution in [3.8, 4) is 0 Å². The maximum Gasteiger partial charge on any atom is 0.164 e. The normalized spacial score (nSPS) is 28.9. The van der Waals surface area contributed by atoms with Crippen LogP contribution in [0.5, 0.6) is 0 Å². The zero-order valence-corrected chi connectivity index (χ0v) is 7.09. The van der Waals surface area contributed by atoms with E-state index >= 15 is 0 Å². The van der Waals surface area contributed by atoms with Crippen LogP contribution >= 0.6 is 0 Å². The first-order chi connectivity index (χ1) is 5.05. The Morgan fingerprint density at radius 1 is 1.82 bits per heavy atom. The van der Waals surface area contributed by atoms with Gasteiger partial charge in [-0.2, -0.15) is 0 Å². The molecule has 1 atom stereocenters. The highest BCUT2D eigenvalue weighted by Crippen LogP contribution is 2.28. The highest BCUT2D eigenvalue weighted by molar-refractivity contribution is 5.86. The fraction of sp³-hybridized carbons (Fsp3) is 0.667. The Balaban J connectivity index is 2.59. The second-order valence-electron chi connectivity index (χ2n) is 3.53. The summed E-state index contributed by atoms with van der Waals surface area (Å²) in [6.07, 6.45) is 2.67. The summed E-state index contributed by atoms with van der Waals surface area (Å²) >= 11 is 0. The van der Waals surface area contributed by atoms with Gasteiger partial charge < -0.3 is 4.74 Å². The molecule has 0 N–H and O–H groups in total. The van der Waals surface area contributed by atoms with Crippen molar-refractivity contribution in [2.75, 3.05) is 0 Å². The van der Waals surface area contributed by atoms with Crippen LogP contribution < -0.4 is 0 Å². The molecular formula is C9H14O2. The molecule has 1 aliphatic rings. The Labute approximate surface area is 67.2 Å². The maximum atomic E-state index is 11.2. The van der Waals surface area contributed by atoms with Crippen molar-refractivity contribution < 1.29 is 9.53 Å². The average Bonchev–Trinajstić information content (AvgIpc) is 2.07. The summed E-state index contributed by atoms with van der Waals surface area (Å²) in [5.41, 5.74) is -0.259. The maximum absolute atomic E-state index is 11.2. The lowest BCUT2D eigenvalue weighted by Gasteiger charge is -2.16. The molecule has 0 bridgehead atoms. The van der Waals surface area contributed by atoms with E-state index in [9.17, 15) is 4.79 Å². The Kier molecular flexibility index (Phi) is 2.14. The smallest absolute Gasteiger partial charge is 0.164 e. The molecule has 2 heteroatoms. The molecular weight excluding hydrogens is 140 g/mol. The zero-order chi connectivity index (χ0) is 8.48. The fourth-order valence-electron chi connectivity index (χ4n) is 1.36. The highest BCUT2D eigenvalue weighted by Gasteiger charge is 2.37. The summed E-state index contributed by atoms with van der Waals surface area (Å²) in [5.74, 6) is 0.204. The van der Waals surface area contributed by atoms with Crippen molar-refractivity contribution in [2.24, 2.45) is 0 Å². The Morgan fingerprint density at radius 3 is 2.82 bits per heavy atom. The van der Waals surface area contributed by atoms with Crippen molar-refractivity contribution in [1.82, 2.24) is 0 Å². The SMILES string of the molecule is C=CCC1OC(C)(C)CC1=O. The molecule has 0 radical (unpaired) electrons. The predicted molar refractivity (Wildman–Crippen MR) is 43.4 cm³/mol. The molecule has 1 heterocycles. The van der Waals surface area contributed by atoms with Crippen LogP contribution in [0.25, 0.3) is 0 Å². The molecule has 0 aromatic heterocycles. The largest absolute Gasteiger partial charge is 0.364 e. The Bertz CT molecular complexity index is 182.